The Morgan fingerprint density at radius 1 is 1.48 bits per heavy atom. The van der Waals surface area contributed by atoms with Gasteiger partial charge in [-0.05, 0) is 38.2 Å². The molecule has 1 saturated heterocycles. The summed E-state index contributed by atoms with van der Waals surface area (Å²) >= 11 is 5.85. The summed E-state index contributed by atoms with van der Waals surface area (Å²) in [5.74, 6) is 0.518. The summed E-state index contributed by atoms with van der Waals surface area (Å²) in [5, 5.41) is 3.41. The first-order valence-electron chi connectivity index (χ1n) is 7.10. The van der Waals surface area contributed by atoms with E-state index in [1.165, 1.54) is 0 Å². The van der Waals surface area contributed by atoms with Crippen molar-refractivity contribution in [2.75, 3.05) is 44.8 Å². The molecular weight excluding hydrogens is 288 g/mol. The summed E-state index contributed by atoms with van der Waals surface area (Å²) in [4.78, 5) is 16.5. The van der Waals surface area contributed by atoms with Crippen LogP contribution < -0.4 is 11.1 Å². The van der Waals surface area contributed by atoms with Crippen LogP contribution in [0.1, 0.15) is 6.92 Å². The van der Waals surface area contributed by atoms with E-state index >= 15 is 0 Å². The number of nitrogens with zero attached hydrogens (tertiary/aromatic N) is 2. The fourth-order valence-corrected chi connectivity index (χ4v) is 3.07. The lowest BCUT2D eigenvalue weighted by molar-refractivity contribution is -0.117. The lowest BCUT2D eigenvalue weighted by Crippen LogP contribution is -2.36. The molecule has 21 heavy (non-hydrogen) atoms. The van der Waals surface area contributed by atoms with E-state index in [2.05, 4.69) is 36.1 Å². The normalized spacial score (nSPS) is 22.7. The Morgan fingerprint density at radius 3 is 2.76 bits per heavy atom. The number of nitrogens with two attached hydrogens (primary N) is 1. The summed E-state index contributed by atoms with van der Waals surface area (Å²) in [7, 11) is 4.16. The van der Waals surface area contributed by atoms with Gasteiger partial charge in [-0.15, -0.1) is 0 Å². The number of carbonyl (C=O) groups is 1. The maximum atomic E-state index is 12.1. The molecule has 1 amide bonds. The molecule has 1 aromatic carbocycles. The molecule has 1 heterocycles. The average Bonchev–Trinajstić information content (AvgIpc) is 2.74. The highest BCUT2D eigenvalue weighted by molar-refractivity contribution is 6.31. The third kappa shape index (κ3) is 4.09. The van der Waals surface area contributed by atoms with Crippen LogP contribution in [0.5, 0.6) is 0 Å². The molecule has 0 radical (unpaired) electrons. The first-order valence-corrected chi connectivity index (χ1v) is 7.48. The molecule has 0 saturated carbocycles. The molecule has 0 spiro atoms. The molecule has 2 rings (SSSR count). The highest BCUT2D eigenvalue weighted by atomic mass is 35.5. The van der Waals surface area contributed by atoms with Crippen LogP contribution in [0.25, 0.3) is 0 Å². The lowest BCUT2D eigenvalue weighted by atomic mass is 10.1. The zero-order chi connectivity index (χ0) is 15.6. The van der Waals surface area contributed by atoms with Crippen LogP contribution in [0.3, 0.4) is 0 Å². The highest BCUT2D eigenvalue weighted by Crippen LogP contribution is 2.23. The van der Waals surface area contributed by atoms with E-state index in [1.807, 2.05) is 0 Å². The number of carbonyl (C=O) groups excluding carboxylic acids is 1. The molecule has 1 aliphatic rings. The SMILES string of the molecule is CC1CN(CC(=O)Nc2ccc(Cl)cc2N)CC1N(C)C. The molecule has 5 nitrogen and oxygen atoms in total. The van der Waals surface area contributed by atoms with Crippen LogP contribution in [-0.2, 0) is 4.79 Å². The summed E-state index contributed by atoms with van der Waals surface area (Å²) < 4.78 is 0. The van der Waals surface area contributed by atoms with Crippen molar-refractivity contribution in [2.45, 2.75) is 13.0 Å². The minimum Gasteiger partial charge on any atom is -0.397 e. The molecular formula is C15H23ClN4O. The van der Waals surface area contributed by atoms with E-state index in [-0.39, 0.29) is 5.91 Å². The Bertz CT molecular complexity index is 520. The third-order valence-corrected chi connectivity index (χ3v) is 4.20. The topological polar surface area (TPSA) is 61.6 Å². The second-order valence-electron chi connectivity index (χ2n) is 5.98. The standard InChI is InChI=1S/C15H23ClN4O/c1-10-7-20(8-14(10)19(2)3)9-15(21)18-13-5-4-11(16)6-12(13)17/h4-6,10,14H,7-9,17H2,1-3H3,(H,18,21). The molecule has 0 bridgehead atoms. The van der Waals surface area contributed by atoms with Crippen molar-refractivity contribution in [1.29, 1.82) is 0 Å². The molecule has 1 fully saturated rings. The van der Waals surface area contributed by atoms with Gasteiger partial charge in [0.1, 0.15) is 0 Å². The Labute approximate surface area is 131 Å². The molecule has 2 unspecified atom stereocenters. The number of anilines is 2. The lowest BCUT2D eigenvalue weighted by Gasteiger charge is -2.22. The van der Waals surface area contributed by atoms with Gasteiger partial charge in [0.2, 0.25) is 5.91 Å². The zero-order valence-corrected chi connectivity index (χ0v) is 13.5. The van der Waals surface area contributed by atoms with Gasteiger partial charge in [0, 0.05) is 24.2 Å². The molecule has 2 atom stereocenters. The predicted octanol–water partition coefficient (Wildman–Crippen LogP) is 1.74. The van der Waals surface area contributed by atoms with Gasteiger partial charge < -0.3 is 16.0 Å². The molecule has 0 aromatic heterocycles. The maximum Gasteiger partial charge on any atom is 0.238 e. The quantitative estimate of drug-likeness (QED) is 0.832. The summed E-state index contributed by atoms with van der Waals surface area (Å²) in [5.41, 5.74) is 6.94. The zero-order valence-electron chi connectivity index (χ0n) is 12.8. The number of hydrogen-bond donors (Lipinski definition) is 2. The second-order valence-corrected chi connectivity index (χ2v) is 6.42. The predicted molar refractivity (Wildman–Crippen MR) is 87.6 cm³/mol. The van der Waals surface area contributed by atoms with Gasteiger partial charge in [-0.25, -0.2) is 0 Å². The summed E-state index contributed by atoms with van der Waals surface area (Å²) in [6.07, 6.45) is 0. The molecule has 1 aromatic rings. The van der Waals surface area contributed by atoms with Gasteiger partial charge in [-0.3, -0.25) is 9.69 Å². The van der Waals surface area contributed by atoms with Crippen molar-refractivity contribution < 1.29 is 4.79 Å². The Morgan fingerprint density at radius 2 is 2.19 bits per heavy atom. The van der Waals surface area contributed by atoms with E-state index in [0.717, 1.165) is 13.1 Å². The number of likely N-dealkylation sites (N-methyl/N-ethyl adjacent to an activating group) is 1. The van der Waals surface area contributed by atoms with Gasteiger partial charge in [0.15, 0.2) is 0 Å². The van der Waals surface area contributed by atoms with Crippen molar-refractivity contribution >= 4 is 28.9 Å². The van der Waals surface area contributed by atoms with Crippen molar-refractivity contribution in [3.8, 4) is 0 Å². The van der Waals surface area contributed by atoms with Gasteiger partial charge in [-0.2, -0.15) is 0 Å². The van der Waals surface area contributed by atoms with Gasteiger partial charge in [0.25, 0.3) is 0 Å². The highest BCUT2D eigenvalue weighted by Gasteiger charge is 2.31. The molecule has 3 N–H and O–H groups in total. The largest absolute Gasteiger partial charge is 0.397 e. The number of amides is 1. The first kappa shape index (κ1) is 16.1. The minimum absolute atomic E-state index is 0.0457. The van der Waals surface area contributed by atoms with Crippen LogP contribution in [0, 0.1) is 5.92 Å². The first-order chi connectivity index (χ1) is 9.86. The number of hydrogen-bond acceptors (Lipinski definition) is 4. The Kier molecular flexibility index (Phi) is 5.08. The van der Waals surface area contributed by atoms with Crippen LogP contribution in [0.15, 0.2) is 18.2 Å². The van der Waals surface area contributed by atoms with Gasteiger partial charge in [0.05, 0.1) is 17.9 Å². The number of nitrogens with one attached hydrogen (secondary N) is 1. The third-order valence-electron chi connectivity index (χ3n) is 3.97. The van der Waals surface area contributed by atoms with Crippen LogP contribution in [0.2, 0.25) is 5.02 Å². The van der Waals surface area contributed by atoms with Crippen LogP contribution >= 0.6 is 11.6 Å². The smallest absolute Gasteiger partial charge is 0.238 e. The number of nitrogen functional groups attached to an aromatic ring is 1. The van der Waals surface area contributed by atoms with Crippen molar-refractivity contribution in [3.63, 3.8) is 0 Å². The molecule has 6 heteroatoms. The second kappa shape index (κ2) is 6.64. The van der Waals surface area contributed by atoms with E-state index in [0.29, 0.717) is 34.9 Å². The maximum absolute atomic E-state index is 12.1. The summed E-state index contributed by atoms with van der Waals surface area (Å²) in [6, 6.07) is 5.58. The van der Waals surface area contributed by atoms with E-state index in [9.17, 15) is 4.79 Å². The fraction of sp³-hybridized carbons (Fsp3) is 0.533. The van der Waals surface area contributed by atoms with Crippen molar-refractivity contribution in [2.24, 2.45) is 5.92 Å². The fourth-order valence-electron chi connectivity index (χ4n) is 2.89. The van der Waals surface area contributed by atoms with Crippen LogP contribution in [0.4, 0.5) is 11.4 Å². The van der Waals surface area contributed by atoms with Crippen molar-refractivity contribution in [1.82, 2.24) is 9.80 Å². The number of benzene rings is 1. The monoisotopic (exact) mass is 310 g/mol. The Hall–Kier alpha value is -1.30. The van der Waals surface area contributed by atoms with E-state index in [4.69, 9.17) is 17.3 Å². The van der Waals surface area contributed by atoms with Crippen molar-refractivity contribution in [3.05, 3.63) is 23.2 Å². The van der Waals surface area contributed by atoms with E-state index in [1.54, 1.807) is 18.2 Å². The molecule has 1 aliphatic heterocycles. The van der Waals surface area contributed by atoms with Gasteiger partial charge in [-0.1, -0.05) is 18.5 Å². The number of halogens is 1. The number of rotatable bonds is 4. The number of likely N-dealkylation sites (tertiary alicyclic amines) is 1. The van der Waals surface area contributed by atoms with Crippen LogP contribution in [-0.4, -0.2) is 55.5 Å². The molecule has 116 valence electrons. The summed E-state index contributed by atoms with van der Waals surface area (Å²) in [6.45, 7) is 4.46. The Balaban J connectivity index is 1.91. The van der Waals surface area contributed by atoms with E-state index < -0.39 is 0 Å². The molecule has 0 aliphatic carbocycles. The average molecular weight is 311 g/mol. The van der Waals surface area contributed by atoms with Gasteiger partial charge >= 0.3 is 0 Å². The minimum atomic E-state index is -0.0457.